The van der Waals surface area contributed by atoms with E-state index in [1.165, 1.54) is 68.8 Å². The van der Waals surface area contributed by atoms with Crippen molar-refractivity contribution in [2.75, 3.05) is 0 Å². The normalized spacial score (nSPS) is 10.6. The smallest absolute Gasteiger partial charge is 0 e. The summed E-state index contributed by atoms with van der Waals surface area (Å²) >= 11 is -7.29. The largest absolute Gasteiger partial charge is 0 e. The van der Waals surface area contributed by atoms with Gasteiger partial charge in [-0.05, 0) is 74.7 Å². The number of pyridine rings is 8. The summed E-state index contributed by atoms with van der Waals surface area (Å²) in [5.41, 5.74) is 29.2. The Labute approximate surface area is 882 Å². The Kier molecular flexibility index (Phi) is 47.5. The Hall–Kier alpha value is -9.83. The monoisotopic (exact) mass is 2750 g/mol. The van der Waals surface area contributed by atoms with E-state index in [9.17, 15) is 0 Å². The van der Waals surface area contributed by atoms with Gasteiger partial charge in [-0.1, -0.05) is 46.5 Å². The van der Waals surface area contributed by atoms with Gasteiger partial charge in [-0.2, -0.15) is 0 Å². The minimum Gasteiger partial charge on any atom is 0 e. The van der Waals surface area contributed by atoms with Crippen molar-refractivity contribution in [1.29, 1.82) is 0 Å². The second-order valence-electron chi connectivity index (χ2n) is 37.3. The van der Waals surface area contributed by atoms with Gasteiger partial charge >= 0.3 is 502 Å². The van der Waals surface area contributed by atoms with Crippen LogP contribution in [0.25, 0.3) is 112 Å². The first kappa shape index (κ1) is 114. The van der Waals surface area contributed by atoms with Crippen molar-refractivity contribution in [2.45, 2.75) is 124 Å². The quantitative estimate of drug-likeness (QED) is 0.0696. The summed E-state index contributed by atoms with van der Waals surface area (Å²) in [6.45, 7) is 15.0. The van der Waals surface area contributed by atoms with E-state index in [-0.39, 0.29) is 80.4 Å². The summed E-state index contributed by atoms with van der Waals surface area (Å²) in [7, 11) is 0. The number of benzene rings is 10. The van der Waals surface area contributed by atoms with Crippen molar-refractivity contribution < 1.29 is 80.4 Å². The van der Waals surface area contributed by atoms with Gasteiger partial charge in [-0.15, -0.1) is 144 Å². The van der Waals surface area contributed by atoms with E-state index in [1.807, 2.05) is 213 Å². The second-order valence-corrected chi connectivity index (χ2v) is 79.8. The Morgan fingerprint density at radius 3 is 0.825 bits per heavy atom. The van der Waals surface area contributed by atoms with E-state index >= 15 is 0 Å². The van der Waals surface area contributed by atoms with Crippen LogP contribution in [-0.2, 0) is 86.8 Å². The first-order valence-corrected chi connectivity index (χ1v) is 74.8. The van der Waals surface area contributed by atoms with E-state index in [2.05, 4.69) is 365 Å². The van der Waals surface area contributed by atoms with Gasteiger partial charge in [0.15, 0.2) is 0 Å². The zero-order valence-corrected chi connectivity index (χ0v) is 100.0. The molecule has 0 spiro atoms. The second kappa shape index (κ2) is 57.0. The average Bonchev–Trinajstić information content (AvgIpc) is 0.456. The zero-order chi connectivity index (χ0) is 94.8. The minimum atomic E-state index is -1.86. The Morgan fingerprint density at radius 1 is 0.234 bits per heavy atom. The van der Waals surface area contributed by atoms with E-state index in [0.29, 0.717) is 5.92 Å². The molecule has 16 heteroatoms. The van der Waals surface area contributed by atoms with Crippen LogP contribution >= 0.6 is 0 Å². The van der Waals surface area contributed by atoms with Crippen LogP contribution < -0.4 is 17.6 Å². The Balaban J connectivity index is 0.000000214. The predicted octanol–water partition coefficient (Wildman–Crippen LogP) is 28.6. The predicted molar refractivity (Wildman–Crippen MR) is 573 cm³/mol. The molecule has 0 unspecified atom stereocenters. The number of aromatic nitrogens is 8. The Morgan fingerprint density at radius 2 is 0.526 bits per heavy atom. The van der Waals surface area contributed by atoms with Gasteiger partial charge in [0, 0.05) is 105 Å². The molecule has 0 aliphatic heterocycles. The minimum absolute atomic E-state index is 0. The molecule has 0 aliphatic rings. The molecule has 18 aromatic rings. The standard InChI is InChI=1S/2C20H20GeN.C18H24GeN.C15H18GeN.4C12H10N.4Ir/c1-21(2,3)19-12-13-22-20(15-19)18-11-7-10-17(14-18)16-8-5-4-6-9-16;1-21(2,3)19-13-14-22-20(15-19)18-11-9-17(10-12-18)16-7-5-4-6-8-16;1-14(2)11-16-12-18(15-9-7-6-8-10-15)20-13-17(16)19(3,4)5;1-12-10-15(13-8-6-5-7-9-13)17-11-14(12)16(2,3)4;4*1-10-7-8-13-12(9-10)11-5-3-2-4-6-11;;;;/h4-10,12-15H,1-3H3;4-11,13-15H,1-3H3;6-9,12-14H,11H2,1-5H3;5-8,10-11H,1-4H3;4*2-5,7-9H,1H3;;;;/q8*-1;;;;. The maximum absolute atomic E-state index is 4.70. The van der Waals surface area contributed by atoms with E-state index in [0.717, 1.165) is 96.5 Å². The summed E-state index contributed by atoms with van der Waals surface area (Å²) in [4.78, 5) is 35.5. The molecule has 8 heterocycles. The number of rotatable bonds is 16. The molecule has 137 heavy (non-hydrogen) atoms. The summed E-state index contributed by atoms with van der Waals surface area (Å²) in [5.74, 6) is 29.6. The molecule has 10 aromatic carbocycles. The number of aryl methyl sites for hydroxylation is 5. The van der Waals surface area contributed by atoms with Crippen LogP contribution in [0.3, 0.4) is 0 Å². The molecule has 8 aromatic heterocycles. The van der Waals surface area contributed by atoms with Crippen LogP contribution in [0.2, 0.25) is 69.1 Å². The van der Waals surface area contributed by atoms with Crippen LogP contribution in [0.15, 0.2) is 377 Å². The third-order valence-electron chi connectivity index (χ3n) is 21.5. The van der Waals surface area contributed by atoms with Crippen LogP contribution in [0.5, 0.6) is 0 Å². The number of hydrogen-bond acceptors (Lipinski definition) is 8. The third kappa shape index (κ3) is 37.4. The molecular formula is C121H122Ge4Ir4N8-8. The van der Waals surface area contributed by atoms with Gasteiger partial charge < -0.3 is 19.9 Å². The summed E-state index contributed by atoms with van der Waals surface area (Å²) < 4.78 is 5.98. The summed E-state index contributed by atoms with van der Waals surface area (Å²) in [6.07, 6.45) is 16.5. The van der Waals surface area contributed by atoms with Crippen molar-refractivity contribution in [3.8, 4) is 112 Å². The van der Waals surface area contributed by atoms with Gasteiger partial charge in [0.1, 0.15) is 0 Å². The fourth-order valence-corrected chi connectivity index (χ4v) is 26.1. The maximum Gasteiger partial charge on any atom is 0 e. The number of nitrogens with zero attached hydrogens (tertiary/aromatic N) is 8. The molecular weight excluding hydrogens is 2620 g/mol. The van der Waals surface area contributed by atoms with Crippen LogP contribution in [0, 0.1) is 89.1 Å². The topological polar surface area (TPSA) is 103 Å². The van der Waals surface area contributed by atoms with Gasteiger partial charge in [0.2, 0.25) is 0 Å². The Bertz CT molecular complexity index is 6270. The molecule has 0 saturated carbocycles. The average molecular weight is 2750 g/mol. The molecule has 0 bridgehead atoms. The molecule has 0 N–H and O–H groups in total. The molecule has 0 fully saturated rings. The zero-order valence-electron chi connectivity index (χ0n) is 82.0. The molecule has 0 atom stereocenters. The van der Waals surface area contributed by atoms with Gasteiger partial charge in [-0.25, -0.2) is 0 Å². The van der Waals surface area contributed by atoms with Gasteiger partial charge in [-0.3, -0.25) is 0 Å². The summed E-state index contributed by atoms with van der Waals surface area (Å²) in [6, 6.07) is 136. The van der Waals surface area contributed by atoms with Crippen molar-refractivity contribution in [3.05, 3.63) is 459 Å². The van der Waals surface area contributed by atoms with E-state index in [4.69, 9.17) is 4.98 Å². The molecule has 0 amide bonds. The van der Waals surface area contributed by atoms with Crippen LogP contribution in [-0.4, -0.2) is 92.9 Å². The van der Waals surface area contributed by atoms with Crippen molar-refractivity contribution in [1.82, 2.24) is 39.9 Å². The fourth-order valence-electron chi connectivity index (χ4n) is 14.4. The van der Waals surface area contributed by atoms with Crippen molar-refractivity contribution >= 4 is 70.6 Å². The molecule has 4 radical (unpaired) electrons. The van der Waals surface area contributed by atoms with Crippen LogP contribution in [0.1, 0.15) is 47.2 Å². The summed E-state index contributed by atoms with van der Waals surface area (Å²) in [5, 5.41) is 0. The van der Waals surface area contributed by atoms with Crippen molar-refractivity contribution in [3.63, 3.8) is 0 Å². The fraction of sp³-hybridized carbons (Fsp3) is 0.174. The van der Waals surface area contributed by atoms with Crippen LogP contribution in [0.4, 0.5) is 0 Å². The van der Waals surface area contributed by atoms with E-state index < -0.39 is 53.1 Å². The first-order valence-electron chi connectivity index (χ1n) is 45.5. The van der Waals surface area contributed by atoms with Crippen molar-refractivity contribution in [2.24, 2.45) is 5.92 Å². The SMILES string of the molecule is CC(C)Cc1cc(-c2[c-]cccc2)nc[c]1[Ge]([CH3])([CH3])[CH3].Cc1cc(-c2[c-]cccc2)nc[c]1[Ge]([CH3])([CH3])[CH3].Cc1ccnc(-c2[c-]cccc2)c1.Cc1ccnc(-c2[c-]cccc2)c1.Cc1ccnc(-c2[c-]cccc2)c1.Cc1ccnc(-c2[c-]cccc2)c1.[CH3][Ge]([CH3])([CH3])[c]1ccnc(-c2[c-]cc(-c3ccccc3)cc2)c1.[CH3][Ge]([CH3])([CH3])[c]1ccnc(-c2[c-]ccc(-c3ccccc3)c2)c1.[Ir].[Ir].[Ir].[Ir]. The van der Waals surface area contributed by atoms with Gasteiger partial charge in [0.05, 0.1) is 0 Å². The van der Waals surface area contributed by atoms with Gasteiger partial charge in [0.25, 0.3) is 0 Å². The molecule has 0 aliphatic carbocycles. The molecule has 8 nitrogen and oxygen atoms in total. The maximum atomic E-state index is 4.70. The molecule has 18 rings (SSSR count). The third-order valence-corrected chi connectivity index (χ3v) is 38.9. The first-order chi connectivity index (χ1) is 63.9. The number of hydrogen-bond donors (Lipinski definition) is 0. The molecule has 706 valence electrons. The van der Waals surface area contributed by atoms with E-state index in [1.54, 1.807) is 4.40 Å². The molecule has 0 saturated heterocycles.